The molecule has 0 atom stereocenters. The Kier molecular flexibility index (Phi) is 8.34. The van der Waals surface area contributed by atoms with E-state index in [-0.39, 0.29) is 11.8 Å². The molecular weight excluding hydrogens is 490 g/mol. The lowest BCUT2D eigenvalue weighted by Gasteiger charge is -2.34. The van der Waals surface area contributed by atoms with E-state index >= 15 is 0 Å². The van der Waals surface area contributed by atoms with Crippen molar-refractivity contribution in [2.75, 3.05) is 51.1 Å². The zero-order chi connectivity index (χ0) is 27.0. The van der Waals surface area contributed by atoms with Gasteiger partial charge in [0.05, 0.1) is 5.39 Å². The maximum Gasteiger partial charge on any atom is 0.270 e. The molecular formula is C30H33N7O2. The number of aromatic amines is 1. The van der Waals surface area contributed by atoms with E-state index in [4.69, 9.17) is 9.97 Å². The van der Waals surface area contributed by atoms with Crippen LogP contribution >= 0.6 is 0 Å². The monoisotopic (exact) mass is 523 g/mol. The van der Waals surface area contributed by atoms with Gasteiger partial charge in [-0.2, -0.15) is 0 Å². The van der Waals surface area contributed by atoms with Crippen molar-refractivity contribution in [2.24, 2.45) is 0 Å². The van der Waals surface area contributed by atoms with Crippen molar-refractivity contribution < 1.29 is 9.59 Å². The van der Waals surface area contributed by atoms with Gasteiger partial charge >= 0.3 is 0 Å². The summed E-state index contributed by atoms with van der Waals surface area (Å²) in [6.07, 6.45) is 8.09. The molecule has 0 radical (unpaired) electrons. The molecule has 1 aliphatic heterocycles. The van der Waals surface area contributed by atoms with E-state index in [0.29, 0.717) is 49.2 Å². The van der Waals surface area contributed by atoms with Gasteiger partial charge in [0.25, 0.3) is 5.91 Å². The molecule has 3 heterocycles. The molecule has 200 valence electrons. The van der Waals surface area contributed by atoms with Crippen LogP contribution in [0.5, 0.6) is 0 Å². The molecule has 0 unspecified atom stereocenters. The van der Waals surface area contributed by atoms with Crippen LogP contribution in [-0.4, -0.2) is 82.4 Å². The number of piperazine rings is 1. The Morgan fingerprint density at radius 2 is 1.87 bits per heavy atom. The quantitative estimate of drug-likeness (QED) is 0.277. The summed E-state index contributed by atoms with van der Waals surface area (Å²) in [6, 6.07) is 11.6. The Hall–Kier alpha value is -4.42. The van der Waals surface area contributed by atoms with Crippen LogP contribution in [0.2, 0.25) is 0 Å². The fraction of sp³-hybridized carbons (Fsp3) is 0.333. The molecule has 1 fully saturated rings. The molecule has 2 aliphatic rings. The first-order valence-electron chi connectivity index (χ1n) is 13.4. The van der Waals surface area contributed by atoms with Crippen LogP contribution in [0, 0.1) is 0 Å². The summed E-state index contributed by atoms with van der Waals surface area (Å²) in [4.78, 5) is 41.7. The first kappa shape index (κ1) is 26.2. The van der Waals surface area contributed by atoms with Crippen molar-refractivity contribution in [2.45, 2.75) is 19.8 Å². The zero-order valence-corrected chi connectivity index (χ0v) is 22.2. The van der Waals surface area contributed by atoms with Crippen LogP contribution in [0.25, 0.3) is 22.4 Å². The minimum Gasteiger partial charge on any atom is -0.368 e. The number of carbonyl (C=O) groups is 2. The minimum absolute atomic E-state index is 0.0332. The second-order valence-electron chi connectivity index (χ2n) is 9.70. The van der Waals surface area contributed by atoms with Crippen LogP contribution < -0.4 is 10.6 Å². The predicted molar refractivity (Wildman–Crippen MR) is 152 cm³/mol. The lowest BCUT2D eigenvalue weighted by Crippen LogP contribution is -2.48. The van der Waals surface area contributed by atoms with Gasteiger partial charge in [-0.25, -0.2) is 9.97 Å². The molecule has 1 saturated heterocycles. The number of hydrogen-bond acceptors (Lipinski definition) is 6. The summed E-state index contributed by atoms with van der Waals surface area (Å²) in [7, 11) is 0. The summed E-state index contributed by atoms with van der Waals surface area (Å²) in [6.45, 7) is 6.54. The number of amides is 2. The Morgan fingerprint density at radius 1 is 1.05 bits per heavy atom. The number of fused-ring (bicyclic) bond motifs is 1. The van der Waals surface area contributed by atoms with E-state index in [0.717, 1.165) is 43.4 Å². The summed E-state index contributed by atoms with van der Waals surface area (Å²) >= 11 is 0. The molecule has 0 spiro atoms. The molecule has 3 aromatic rings. The van der Waals surface area contributed by atoms with Crippen molar-refractivity contribution in [3.63, 3.8) is 0 Å². The third-order valence-corrected chi connectivity index (χ3v) is 6.86. The molecule has 9 heteroatoms. The van der Waals surface area contributed by atoms with Crippen molar-refractivity contribution in [3.8, 4) is 11.4 Å². The highest BCUT2D eigenvalue weighted by molar-refractivity contribution is 6.00. The minimum atomic E-state index is -0.0853. The summed E-state index contributed by atoms with van der Waals surface area (Å²) in [5.74, 6) is 1.07. The summed E-state index contributed by atoms with van der Waals surface area (Å²) in [5, 5.41) is 6.83. The number of hydrogen-bond donors (Lipinski definition) is 3. The van der Waals surface area contributed by atoms with Gasteiger partial charge in [-0.15, -0.1) is 0 Å². The number of carbonyl (C=O) groups excluding carboxylic acids is 2. The topological polar surface area (TPSA) is 106 Å². The van der Waals surface area contributed by atoms with Crippen molar-refractivity contribution in [1.82, 2.24) is 30.1 Å². The van der Waals surface area contributed by atoms with E-state index in [9.17, 15) is 9.59 Å². The SMILES string of the molecule is CC(=O)NCCNc1nc(-c2ccccc2)nc2[nH]c(C(=O)N3CCN(CCCC4=CC=C=C=C4)CC3)cc12. The number of benzene rings is 1. The second-order valence-corrected chi connectivity index (χ2v) is 9.70. The van der Waals surface area contributed by atoms with E-state index in [1.54, 1.807) is 0 Å². The third kappa shape index (κ3) is 6.72. The number of rotatable bonds is 10. The first-order chi connectivity index (χ1) is 19.1. The highest BCUT2D eigenvalue weighted by Crippen LogP contribution is 2.26. The average Bonchev–Trinajstić information content (AvgIpc) is 3.41. The van der Waals surface area contributed by atoms with Gasteiger partial charge in [-0.3, -0.25) is 14.5 Å². The smallest absolute Gasteiger partial charge is 0.270 e. The average molecular weight is 524 g/mol. The highest BCUT2D eigenvalue weighted by Gasteiger charge is 2.24. The molecule has 2 amide bonds. The number of allylic oxidation sites excluding steroid dienone is 4. The fourth-order valence-corrected chi connectivity index (χ4v) is 4.78. The van der Waals surface area contributed by atoms with Crippen LogP contribution in [0.1, 0.15) is 30.3 Å². The first-order valence-corrected chi connectivity index (χ1v) is 13.4. The van der Waals surface area contributed by atoms with E-state index in [2.05, 4.69) is 38.1 Å². The largest absolute Gasteiger partial charge is 0.368 e. The van der Waals surface area contributed by atoms with Crippen LogP contribution in [0.4, 0.5) is 5.82 Å². The maximum absolute atomic E-state index is 13.4. The summed E-state index contributed by atoms with van der Waals surface area (Å²) < 4.78 is 0. The van der Waals surface area contributed by atoms with Gasteiger partial charge in [0.1, 0.15) is 17.2 Å². The lowest BCUT2D eigenvalue weighted by atomic mass is 10.1. The molecule has 3 N–H and O–H groups in total. The van der Waals surface area contributed by atoms with Gasteiger partial charge in [-0.05, 0) is 43.2 Å². The lowest BCUT2D eigenvalue weighted by molar-refractivity contribution is -0.118. The van der Waals surface area contributed by atoms with Crippen molar-refractivity contribution >= 4 is 28.7 Å². The second kappa shape index (κ2) is 12.4. The van der Waals surface area contributed by atoms with Gasteiger partial charge in [0, 0.05) is 51.8 Å². The predicted octanol–water partition coefficient (Wildman–Crippen LogP) is 3.52. The van der Waals surface area contributed by atoms with Crippen LogP contribution in [0.15, 0.2) is 71.7 Å². The normalized spacial score (nSPS) is 15.0. The standard InChI is InChI=1S/C30H33N7O2/c1-22(38)31-14-15-32-28-25-21-26(33-29(25)35-27(34-28)24-12-6-3-7-13-24)30(39)37-19-17-36(18-20-37)16-8-11-23-9-4-2-5-10-23/h3-4,6-7,9-10,12-13,21H,8,11,14-20H2,1H3,(H,31,38)(H2,32,33,34,35). The molecule has 2 aromatic heterocycles. The van der Waals surface area contributed by atoms with Gasteiger partial charge in [0.2, 0.25) is 5.91 Å². The molecule has 1 aliphatic carbocycles. The Bertz CT molecular complexity index is 1470. The number of H-pyrrole nitrogens is 1. The Balaban J connectivity index is 1.25. The highest BCUT2D eigenvalue weighted by atomic mass is 16.2. The molecule has 39 heavy (non-hydrogen) atoms. The molecule has 0 saturated carbocycles. The number of anilines is 1. The Morgan fingerprint density at radius 3 is 2.62 bits per heavy atom. The van der Waals surface area contributed by atoms with E-state index in [1.807, 2.05) is 53.5 Å². The summed E-state index contributed by atoms with van der Waals surface area (Å²) in [5.41, 5.74) is 9.21. The van der Waals surface area contributed by atoms with Gasteiger partial charge < -0.3 is 20.5 Å². The van der Waals surface area contributed by atoms with Crippen molar-refractivity contribution in [3.05, 3.63) is 77.4 Å². The maximum atomic E-state index is 13.4. The molecule has 0 bridgehead atoms. The Labute approximate surface area is 228 Å². The van der Waals surface area contributed by atoms with Crippen LogP contribution in [-0.2, 0) is 4.79 Å². The van der Waals surface area contributed by atoms with Gasteiger partial charge in [-0.1, -0.05) is 47.9 Å². The number of nitrogens with zero attached hydrogens (tertiary/aromatic N) is 4. The third-order valence-electron chi connectivity index (χ3n) is 6.86. The fourth-order valence-electron chi connectivity index (χ4n) is 4.78. The molecule has 9 nitrogen and oxygen atoms in total. The van der Waals surface area contributed by atoms with Crippen molar-refractivity contribution in [1.29, 1.82) is 0 Å². The number of nitrogens with one attached hydrogen (secondary N) is 3. The van der Waals surface area contributed by atoms with Crippen LogP contribution in [0.3, 0.4) is 0 Å². The molecule has 5 rings (SSSR count). The number of aromatic nitrogens is 3. The van der Waals surface area contributed by atoms with E-state index in [1.165, 1.54) is 12.5 Å². The molecule has 1 aromatic carbocycles. The van der Waals surface area contributed by atoms with E-state index < -0.39 is 0 Å². The van der Waals surface area contributed by atoms with Gasteiger partial charge in [0.15, 0.2) is 5.82 Å². The zero-order valence-electron chi connectivity index (χ0n) is 22.2.